The summed E-state index contributed by atoms with van der Waals surface area (Å²) in [7, 11) is 0. The third-order valence-corrected chi connectivity index (χ3v) is 2.97. The summed E-state index contributed by atoms with van der Waals surface area (Å²) >= 11 is 0. The minimum absolute atomic E-state index is 0.896. The topological polar surface area (TPSA) is 36.7 Å². The van der Waals surface area contributed by atoms with Crippen molar-refractivity contribution in [3.05, 3.63) is 28.6 Å². The lowest BCUT2D eigenvalue weighted by molar-refractivity contribution is 0.810. The van der Waals surface area contributed by atoms with E-state index in [2.05, 4.69) is 31.8 Å². The summed E-state index contributed by atoms with van der Waals surface area (Å²) in [5.74, 6) is 0. The SMILES string of the molecule is CCCc1cnc(CCC)c(CCC)c1C#N. The van der Waals surface area contributed by atoms with Gasteiger partial charge in [0.1, 0.15) is 0 Å². The summed E-state index contributed by atoms with van der Waals surface area (Å²) in [5, 5.41) is 9.37. The highest BCUT2D eigenvalue weighted by molar-refractivity contribution is 5.45. The maximum Gasteiger partial charge on any atom is 0.0998 e. The molecule has 0 fully saturated rings. The molecule has 92 valence electrons. The summed E-state index contributed by atoms with van der Waals surface area (Å²) in [4.78, 5) is 4.56. The van der Waals surface area contributed by atoms with Crippen LogP contribution in [0.5, 0.6) is 0 Å². The van der Waals surface area contributed by atoms with Gasteiger partial charge in [-0.1, -0.05) is 40.0 Å². The van der Waals surface area contributed by atoms with Gasteiger partial charge in [-0.2, -0.15) is 5.26 Å². The van der Waals surface area contributed by atoms with E-state index in [1.807, 2.05) is 6.20 Å². The van der Waals surface area contributed by atoms with Crippen molar-refractivity contribution in [2.75, 3.05) is 0 Å². The molecule has 17 heavy (non-hydrogen) atoms. The smallest absolute Gasteiger partial charge is 0.0998 e. The fraction of sp³-hybridized carbons (Fsp3) is 0.600. The zero-order valence-corrected chi connectivity index (χ0v) is 11.2. The van der Waals surface area contributed by atoms with Crippen LogP contribution >= 0.6 is 0 Å². The van der Waals surface area contributed by atoms with Crippen molar-refractivity contribution < 1.29 is 0 Å². The predicted octanol–water partition coefficient (Wildman–Crippen LogP) is 3.81. The molecule has 0 aliphatic carbocycles. The third kappa shape index (κ3) is 3.30. The number of hydrogen-bond donors (Lipinski definition) is 0. The molecule has 0 atom stereocenters. The van der Waals surface area contributed by atoms with Crippen molar-refractivity contribution in [1.82, 2.24) is 4.98 Å². The molecule has 1 rings (SSSR count). The van der Waals surface area contributed by atoms with Gasteiger partial charge in [-0.25, -0.2) is 0 Å². The zero-order chi connectivity index (χ0) is 12.7. The van der Waals surface area contributed by atoms with Gasteiger partial charge in [0, 0.05) is 11.9 Å². The first-order valence-corrected chi connectivity index (χ1v) is 6.68. The second-order valence-electron chi connectivity index (χ2n) is 4.45. The largest absolute Gasteiger partial charge is 0.261 e. The fourth-order valence-electron chi connectivity index (χ4n) is 2.21. The Morgan fingerprint density at radius 3 is 2.24 bits per heavy atom. The Kier molecular flexibility index (Phi) is 5.69. The second-order valence-corrected chi connectivity index (χ2v) is 4.45. The van der Waals surface area contributed by atoms with Gasteiger partial charge in [0.2, 0.25) is 0 Å². The Morgan fingerprint density at radius 1 is 1.06 bits per heavy atom. The molecule has 0 saturated carbocycles. The molecule has 1 aromatic heterocycles. The van der Waals surface area contributed by atoms with Crippen LogP contribution in [0.15, 0.2) is 6.20 Å². The highest BCUT2D eigenvalue weighted by atomic mass is 14.7. The Bertz CT molecular complexity index is 402. The van der Waals surface area contributed by atoms with Gasteiger partial charge in [0.15, 0.2) is 0 Å². The number of nitriles is 1. The number of pyridine rings is 1. The van der Waals surface area contributed by atoms with Crippen LogP contribution in [0.1, 0.15) is 62.4 Å². The van der Waals surface area contributed by atoms with Gasteiger partial charge in [0.05, 0.1) is 11.6 Å². The van der Waals surface area contributed by atoms with Crippen LogP contribution in [-0.2, 0) is 19.3 Å². The van der Waals surface area contributed by atoms with Gasteiger partial charge < -0.3 is 0 Å². The molecule has 2 nitrogen and oxygen atoms in total. The minimum atomic E-state index is 0.896. The van der Waals surface area contributed by atoms with Crippen molar-refractivity contribution in [2.24, 2.45) is 0 Å². The summed E-state index contributed by atoms with van der Waals surface area (Å²) in [6, 6.07) is 2.39. The first kappa shape index (κ1) is 13.7. The molecular formula is C15H22N2. The number of nitrogens with zero attached hydrogens (tertiary/aromatic N) is 2. The first-order chi connectivity index (χ1) is 8.28. The van der Waals surface area contributed by atoms with Crippen molar-refractivity contribution in [1.29, 1.82) is 5.26 Å². The minimum Gasteiger partial charge on any atom is -0.261 e. The molecule has 0 radical (unpaired) electrons. The standard InChI is InChI=1S/C15H22N2/c1-4-7-12-11-17-15(9-6-3)13(8-5-2)14(12)10-16/h11H,4-9H2,1-3H3. The highest BCUT2D eigenvalue weighted by Crippen LogP contribution is 2.20. The van der Waals surface area contributed by atoms with Crippen molar-refractivity contribution in [3.8, 4) is 6.07 Å². The van der Waals surface area contributed by atoms with Crippen LogP contribution in [0.4, 0.5) is 0 Å². The molecule has 0 saturated heterocycles. The summed E-state index contributed by atoms with van der Waals surface area (Å²) in [6.45, 7) is 6.45. The Labute approximate surface area is 105 Å². The van der Waals surface area contributed by atoms with Crippen LogP contribution in [0.2, 0.25) is 0 Å². The third-order valence-electron chi connectivity index (χ3n) is 2.97. The Morgan fingerprint density at radius 2 is 1.71 bits per heavy atom. The van der Waals surface area contributed by atoms with Crippen molar-refractivity contribution in [3.63, 3.8) is 0 Å². The maximum absolute atomic E-state index is 9.37. The van der Waals surface area contributed by atoms with E-state index in [4.69, 9.17) is 0 Å². The maximum atomic E-state index is 9.37. The van der Waals surface area contributed by atoms with E-state index < -0.39 is 0 Å². The summed E-state index contributed by atoms with van der Waals surface area (Å²) in [5.41, 5.74) is 4.35. The summed E-state index contributed by atoms with van der Waals surface area (Å²) < 4.78 is 0. The number of rotatable bonds is 6. The molecule has 0 unspecified atom stereocenters. The zero-order valence-electron chi connectivity index (χ0n) is 11.2. The molecule has 0 bridgehead atoms. The van der Waals surface area contributed by atoms with Crippen LogP contribution in [-0.4, -0.2) is 4.98 Å². The molecule has 0 aromatic carbocycles. The van der Waals surface area contributed by atoms with Crippen LogP contribution < -0.4 is 0 Å². The molecular weight excluding hydrogens is 208 g/mol. The lowest BCUT2D eigenvalue weighted by Gasteiger charge is -2.12. The molecule has 1 heterocycles. The predicted molar refractivity (Wildman–Crippen MR) is 70.9 cm³/mol. The summed E-state index contributed by atoms with van der Waals surface area (Å²) in [6.07, 6.45) is 8.05. The highest BCUT2D eigenvalue weighted by Gasteiger charge is 2.12. The molecule has 1 aromatic rings. The van der Waals surface area contributed by atoms with E-state index in [-0.39, 0.29) is 0 Å². The average molecular weight is 230 g/mol. The molecule has 2 heteroatoms. The Balaban J connectivity index is 3.23. The number of hydrogen-bond acceptors (Lipinski definition) is 2. The first-order valence-electron chi connectivity index (χ1n) is 6.68. The van der Waals surface area contributed by atoms with E-state index in [0.29, 0.717) is 0 Å². The Hall–Kier alpha value is -1.36. The monoisotopic (exact) mass is 230 g/mol. The van der Waals surface area contributed by atoms with Gasteiger partial charge in [-0.15, -0.1) is 0 Å². The van der Waals surface area contributed by atoms with Gasteiger partial charge in [-0.05, 0) is 30.4 Å². The molecule has 0 N–H and O–H groups in total. The van der Waals surface area contributed by atoms with E-state index in [0.717, 1.165) is 55.3 Å². The quantitative estimate of drug-likeness (QED) is 0.745. The van der Waals surface area contributed by atoms with Gasteiger partial charge in [0.25, 0.3) is 0 Å². The second kappa shape index (κ2) is 7.06. The van der Waals surface area contributed by atoms with Crippen molar-refractivity contribution >= 4 is 0 Å². The van der Waals surface area contributed by atoms with Crippen LogP contribution in [0.25, 0.3) is 0 Å². The van der Waals surface area contributed by atoms with Gasteiger partial charge >= 0.3 is 0 Å². The molecule has 0 aliphatic heterocycles. The number of aromatic nitrogens is 1. The number of aryl methyl sites for hydroxylation is 2. The van der Waals surface area contributed by atoms with E-state index in [9.17, 15) is 5.26 Å². The average Bonchev–Trinajstić information content (AvgIpc) is 2.33. The van der Waals surface area contributed by atoms with E-state index >= 15 is 0 Å². The van der Waals surface area contributed by atoms with Crippen LogP contribution in [0.3, 0.4) is 0 Å². The van der Waals surface area contributed by atoms with Gasteiger partial charge in [-0.3, -0.25) is 4.98 Å². The lowest BCUT2D eigenvalue weighted by Crippen LogP contribution is -2.05. The van der Waals surface area contributed by atoms with Crippen LogP contribution in [0, 0.1) is 11.3 Å². The van der Waals surface area contributed by atoms with Crippen molar-refractivity contribution in [2.45, 2.75) is 59.3 Å². The fourth-order valence-corrected chi connectivity index (χ4v) is 2.21. The molecule has 0 spiro atoms. The normalized spacial score (nSPS) is 10.2. The lowest BCUT2D eigenvalue weighted by atomic mass is 9.95. The molecule has 0 amide bonds. The van der Waals surface area contributed by atoms with E-state index in [1.54, 1.807) is 0 Å². The van der Waals surface area contributed by atoms with E-state index in [1.165, 1.54) is 5.56 Å². The molecule has 0 aliphatic rings.